The summed E-state index contributed by atoms with van der Waals surface area (Å²) in [6, 6.07) is 5.75. The number of hydrogen-bond acceptors (Lipinski definition) is 5. The molecule has 0 aromatic carbocycles. The van der Waals surface area contributed by atoms with Gasteiger partial charge in [0.2, 0.25) is 11.8 Å². The lowest BCUT2D eigenvalue weighted by atomic mass is 10.1. The van der Waals surface area contributed by atoms with Crippen LogP contribution in [0.3, 0.4) is 0 Å². The molecule has 3 aromatic rings. The van der Waals surface area contributed by atoms with Crippen molar-refractivity contribution in [3.05, 3.63) is 53.7 Å². The topological polar surface area (TPSA) is 88.1 Å². The summed E-state index contributed by atoms with van der Waals surface area (Å²) >= 11 is 0. The average Bonchev–Trinajstić information content (AvgIpc) is 3.59. The first-order chi connectivity index (χ1) is 15.5. The fourth-order valence-corrected chi connectivity index (χ4v) is 3.97. The molecule has 0 radical (unpaired) electrons. The first-order valence-corrected chi connectivity index (χ1v) is 10.9. The Labute approximate surface area is 186 Å². The highest BCUT2D eigenvalue weighted by molar-refractivity contribution is 5.97. The minimum absolute atomic E-state index is 0.0188. The van der Waals surface area contributed by atoms with Crippen molar-refractivity contribution >= 4 is 34.1 Å². The maximum absolute atomic E-state index is 12.1. The van der Waals surface area contributed by atoms with Crippen molar-refractivity contribution in [3.63, 3.8) is 0 Å². The van der Waals surface area contributed by atoms with E-state index in [0.717, 1.165) is 47.0 Å². The third kappa shape index (κ3) is 3.92. The molecule has 3 aromatic heterocycles. The van der Waals surface area contributed by atoms with Gasteiger partial charge in [0, 0.05) is 47.2 Å². The fourth-order valence-electron chi connectivity index (χ4n) is 3.97. The van der Waals surface area contributed by atoms with Crippen molar-refractivity contribution in [2.75, 3.05) is 10.2 Å². The Bertz CT molecular complexity index is 1290. The van der Waals surface area contributed by atoms with E-state index in [1.807, 2.05) is 32.0 Å². The highest BCUT2D eigenvalue weighted by Crippen LogP contribution is 2.30. The number of carbonyl (C=O) groups is 2. The molecule has 1 aliphatic carbocycles. The zero-order valence-corrected chi connectivity index (χ0v) is 18.1. The second kappa shape index (κ2) is 8.04. The van der Waals surface area contributed by atoms with Gasteiger partial charge in [-0.3, -0.25) is 14.6 Å². The number of fused-ring (bicyclic) bond motifs is 1. The molecule has 4 heterocycles. The highest BCUT2D eigenvalue weighted by Gasteiger charge is 2.30. The summed E-state index contributed by atoms with van der Waals surface area (Å²) in [5, 5.41) is 4.68. The van der Waals surface area contributed by atoms with Crippen LogP contribution in [0.2, 0.25) is 0 Å². The van der Waals surface area contributed by atoms with E-state index in [4.69, 9.17) is 0 Å². The molecular formula is C25H23N5O2. The number of amides is 2. The lowest BCUT2D eigenvalue weighted by molar-refractivity contribution is -0.118. The third-order valence-corrected chi connectivity index (χ3v) is 6.01. The second-order valence-corrected chi connectivity index (χ2v) is 8.44. The van der Waals surface area contributed by atoms with Gasteiger partial charge in [-0.2, -0.15) is 0 Å². The molecule has 5 rings (SSSR count). The van der Waals surface area contributed by atoms with Gasteiger partial charge in [-0.25, -0.2) is 9.97 Å². The number of rotatable bonds is 3. The largest absolute Gasteiger partial charge is 0.310 e. The summed E-state index contributed by atoms with van der Waals surface area (Å²) in [4.78, 5) is 39.3. The molecule has 7 nitrogen and oxygen atoms in total. The van der Waals surface area contributed by atoms with Crippen LogP contribution in [0.1, 0.15) is 49.6 Å². The average molecular weight is 425 g/mol. The van der Waals surface area contributed by atoms with Gasteiger partial charge in [-0.05, 0) is 57.2 Å². The van der Waals surface area contributed by atoms with E-state index in [2.05, 4.69) is 32.1 Å². The van der Waals surface area contributed by atoms with Gasteiger partial charge in [0.15, 0.2) is 0 Å². The predicted molar refractivity (Wildman–Crippen MR) is 122 cm³/mol. The van der Waals surface area contributed by atoms with Gasteiger partial charge in [0.05, 0.1) is 17.4 Å². The van der Waals surface area contributed by atoms with Crippen LogP contribution >= 0.6 is 0 Å². The van der Waals surface area contributed by atoms with Gasteiger partial charge < -0.3 is 10.2 Å². The van der Waals surface area contributed by atoms with Crippen LogP contribution in [0.15, 0.2) is 36.8 Å². The van der Waals surface area contributed by atoms with Gasteiger partial charge in [0.1, 0.15) is 11.5 Å². The molecule has 1 aliphatic heterocycles. The molecule has 2 fully saturated rings. The van der Waals surface area contributed by atoms with Crippen LogP contribution in [0.5, 0.6) is 0 Å². The van der Waals surface area contributed by atoms with E-state index in [9.17, 15) is 9.59 Å². The molecular weight excluding hydrogens is 402 g/mol. The predicted octanol–water partition coefficient (Wildman–Crippen LogP) is 3.60. The Balaban J connectivity index is 1.43. The van der Waals surface area contributed by atoms with Crippen molar-refractivity contribution in [1.29, 1.82) is 0 Å². The number of anilines is 2. The van der Waals surface area contributed by atoms with E-state index < -0.39 is 0 Å². The van der Waals surface area contributed by atoms with Crippen LogP contribution in [0.4, 0.5) is 11.5 Å². The van der Waals surface area contributed by atoms with Gasteiger partial charge >= 0.3 is 0 Å². The van der Waals surface area contributed by atoms with E-state index in [0.29, 0.717) is 17.9 Å². The summed E-state index contributed by atoms with van der Waals surface area (Å²) in [7, 11) is 0. The summed E-state index contributed by atoms with van der Waals surface area (Å²) in [6.07, 6.45) is 8.49. The van der Waals surface area contributed by atoms with Crippen molar-refractivity contribution in [2.45, 2.75) is 45.6 Å². The Morgan fingerprint density at radius 3 is 2.59 bits per heavy atom. The van der Waals surface area contributed by atoms with E-state index in [-0.39, 0.29) is 23.8 Å². The van der Waals surface area contributed by atoms with Crippen LogP contribution in [-0.4, -0.2) is 32.8 Å². The standard InChI is InChI=1S/C25H23N5O2/c1-15-3-10-24(31)30(15)20-9-8-19(27-13-20)7-6-18-12-26-16(2)22-14-28-23(11-21(18)22)29-25(32)17-4-5-17/h8-9,11-15,17H,3-5,10H2,1-2H3,(H,28,29,32)/t15-/m1/s1. The van der Waals surface area contributed by atoms with Crippen LogP contribution < -0.4 is 10.2 Å². The normalized spacial score (nSPS) is 17.9. The molecule has 1 N–H and O–H groups in total. The third-order valence-electron chi connectivity index (χ3n) is 6.01. The Morgan fingerprint density at radius 1 is 1.06 bits per heavy atom. The Hall–Kier alpha value is -3.79. The van der Waals surface area contributed by atoms with Crippen LogP contribution in [-0.2, 0) is 9.59 Å². The zero-order chi connectivity index (χ0) is 22.2. The second-order valence-electron chi connectivity index (χ2n) is 8.44. The van der Waals surface area contributed by atoms with Crippen molar-refractivity contribution < 1.29 is 9.59 Å². The number of nitrogens with one attached hydrogen (secondary N) is 1. The molecule has 0 unspecified atom stereocenters. The van der Waals surface area contributed by atoms with Gasteiger partial charge in [-0.15, -0.1) is 0 Å². The van der Waals surface area contributed by atoms with E-state index in [1.165, 1.54) is 0 Å². The number of nitrogens with zero attached hydrogens (tertiary/aromatic N) is 4. The molecule has 0 bridgehead atoms. The van der Waals surface area contributed by atoms with Crippen molar-refractivity contribution in [1.82, 2.24) is 15.0 Å². The quantitative estimate of drug-likeness (QED) is 0.648. The van der Waals surface area contributed by atoms with Gasteiger partial charge in [-0.1, -0.05) is 5.92 Å². The summed E-state index contributed by atoms with van der Waals surface area (Å²) in [5.41, 5.74) is 3.00. The minimum Gasteiger partial charge on any atom is -0.310 e. The molecule has 1 saturated carbocycles. The van der Waals surface area contributed by atoms with Crippen molar-refractivity contribution in [3.8, 4) is 11.8 Å². The molecule has 2 aliphatic rings. The maximum atomic E-state index is 12.1. The Morgan fingerprint density at radius 2 is 1.91 bits per heavy atom. The van der Waals surface area contributed by atoms with E-state index in [1.54, 1.807) is 23.5 Å². The lowest BCUT2D eigenvalue weighted by Crippen LogP contribution is -2.30. The number of aryl methyl sites for hydroxylation is 1. The molecule has 1 saturated heterocycles. The molecule has 7 heteroatoms. The molecule has 2 amide bonds. The van der Waals surface area contributed by atoms with Gasteiger partial charge in [0.25, 0.3) is 0 Å². The molecule has 160 valence electrons. The summed E-state index contributed by atoms with van der Waals surface area (Å²) < 4.78 is 0. The molecule has 32 heavy (non-hydrogen) atoms. The van der Waals surface area contributed by atoms with E-state index >= 15 is 0 Å². The molecule has 1 atom stereocenters. The maximum Gasteiger partial charge on any atom is 0.228 e. The number of carbonyl (C=O) groups excluding carboxylic acids is 2. The Kier molecular flexibility index (Phi) is 5.06. The highest BCUT2D eigenvalue weighted by atomic mass is 16.2. The number of pyridine rings is 3. The van der Waals surface area contributed by atoms with Crippen LogP contribution in [0.25, 0.3) is 10.8 Å². The first kappa shape index (κ1) is 20.1. The van der Waals surface area contributed by atoms with Crippen molar-refractivity contribution in [2.24, 2.45) is 5.92 Å². The smallest absolute Gasteiger partial charge is 0.228 e. The first-order valence-electron chi connectivity index (χ1n) is 10.9. The monoisotopic (exact) mass is 425 g/mol. The number of aromatic nitrogens is 3. The SMILES string of the molecule is Cc1ncc(C#Cc2ccc(N3C(=O)CC[C@H]3C)cn2)c2cc(NC(=O)C3CC3)ncc12. The zero-order valence-electron chi connectivity index (χ0n) is 18.1. The molecule has 0 spiro atoms. The summed E-state index contributed by atoms with van der Waals surface area (Å²) in [5.74, 6) is 7.03. The number of hydrogen-bond donors (Lipinski definition) is 1. The fraction of sp³-hybridized carbons (Fsp3) is 0.320. The van der Waals surface area contributed by atoms with Crippen LogP contribution in [0, 0.1) is 24.7 Å². The minimum atomic E-state index is 0.0188. The lowest BCUT2D eigenvalue weighted by Gasteiger charge is -2.21. The summed E-state index contributed by atoms with van der Waals surface area (Å²) in [6.45, 7) is 3.97.